The number of alkyl halides is 3. The summed E-state index contributed by atoms with van der Waals surface area (Å²) in [7, 11) is -2.01. The predicted octanol–water partition coefficient (Wildman–Crippen LogP) is 5.47. The first-order valence-corrected chi connectivity index (χ1v) is 10.8. The zero-order valence-electron chi connectivity index (χ0n) is 17.2. The van der Waals surface area contributed by atoms with E-state index in [9.17, 15) is 31.6 Å². The lowest BCUT2D eigenvalue weighted by atomic mass is 10.1. The number of anilines is 2. The third kappa shape index (κ3) is 5.41. The molecular weight excluding hydrogens is 497 g/mol. The van der Waals surface area contributed by atoms with Gasteiger partial charge in [0.2, 0.25) is 10.9 Å². The van der Waals surface area contributed by atoms with Crippen LogP contribution in [0.5, 0.6) is 11.5 Å². The summed E-state index contributed by atoms with van der Waals surface area (Å²) in [6.07, 6.45) is -4.71. The lowest BCUT2D eigenvalue weighted by Crippen LogP contribution is -2.15. The van der Waals surface area contributed by atoms with Gasteiger partial charge >= 0.3 is 12.1 Å². The van der Waals surface area contributed by atoms with Gasteiger partial charge in [-0.05, 0) is 60.7 Å². The fourth-order valence-corrected chi connectivity index (χ4v) is 3.79. The minimum atomic E-state index is -4.71. The molecule has 0 bridgehead atoms. The summed E-state index contributed by atoms with van der Waals surface area (Å²) >= 11 is 5.60. The molecule has 7 nitrogen and oxygen atoms in total. The lowest BCUT2D eigenvalue weighted by Gasteiger charge is -2.19. The number of methoxy groups -OCH3 is 1. The van der Waals surface area contributed by atoms with E-state index < -0.39 is 33.6 Å². The van der Waals surface area contributed by atoms with Crippen molar-refractivity contribution in [3.63, 3.8) is 0 Å². The van der Waals surface area contributed by atoms with E-state index in [1.165, 1.54) is 55.6 Å². The molecule has 0 fully saturated rings. The van der Waals surface area contributed by atoms with Crippen molar-refractivity contribution < 1.29 is 35.9 Å². The number of ether oxygens (including phenoxy) is 2. The van der Waals surface area contributed by atoms with Crippen LogP contribution in [0.4, 0.5) is 24.5 Å². The molecule has 0 aromatic heterocycles. The molecular formula is C22H14ClF3N2O5S. The third-order valence-electron chi connectivity index (χ3n) is 4.50. The maximum absolute atomic E-state index is 13.1. The second kappa shape index (κ2) is 10.0. The Labute approximate surface area is 198 Å². The van der Waals surface area contributed by atoms with E-state index in [-0.39, 0.29) is 34.0 Å². The van der Waals surface area contributed by atoms with Crippen LogP contribution in [0, 0.1) is 11.3 Å². The molecule has 0 spiro atoms. The first-order chi connectivity index (χ1) is 16.0. The predicted molar refractivity (Wildman–Crippen MR) is 118 cm³/mol. The largest absolute Gasteiger partial charge is 0.465 e. The normalized spacial score (nSPS) is 11.1. The molecule has 0 heterocycles. The van der Waals surface area contributed by atoms with E-state index in [1.807, 2.05) is 6.07 Å². The molecule has 0 amide bonds. The minimum absolute atomic E-state index is 0.0675. The Balaban J connectivity index is 1.96. The summed E-state index contributed by atoms with van der Waals surface area (Å²) in [5.74, 6) is -0.913. The Morgan fingerprint density at radius 2 is 1.68 bits per heavy atom. The molecule has 0 aliphatic carbocycles. The summed E-state index contributed by atoms with van der Waals surface area (Å²) in [6.45, 7) is 0. The van der Waals surface area contributed by atoms with E-state index in [0.717, 1.165) is 10.4 Å². The number of benzene rings is 3. The zero-order chi connectivity index (χ0) is 25.0. The molecule has 0 aliphatic rings. The molecule has 34 heavy (non-hydrogen) atoms. The van der Waals surface area contributed by atoms with E-state index in [2.05, 4.69) is 4.74 Å². The molecule has 0 radical (unpaired) electrons. The van der Waals surface area contributed by atoms with Gasteiger partial charge in [0.1, 0.15) is 17.6 Å². The summed E-state index contributed by atoms with van der Waals surface area (Å²) in [4.78, 5) is 11.6. The van der Waals surface area contributed by atoms with Gasteiger partial charge in [0, 0.05) is 0 Å². The van der Waals surface area contributed by atoms with Gasteiger partial charge in [-0.15, -0.1) is 0 Å². The SMILES string of the molecule is COC(=O)c1ccc(N(c2ccc(Oc3ccc(Cl)c(C(F)(F)F)c3)c(C#N)c2)[SH](=O)=O)cc1. The number of carbonyl (C=O) groups excluding carboxylic acids is 1. The highest BCUT2D eigenvalue weighted by Crippen LogP contribution is 2.38. The number of halogens is 4. The van der Waals surface area contributed by atoms with Crippen molar-refractivity contribution in [3.05, 3.63) is 82.4 Å². The smallest absolute Gasteiger partial charge is 0.417 e. The number of carbonyl (C=O) groups is 1. The van der Waals surface area contributed by atoms with Crippen molar-refractivity contribution in [2.45, 2.75) is 6.18 Å². The van der Waals surface area contributed by atoms with Gasteiger partial charge in [-0.25, -0.2) is 17.5 Å². The maximum atomic E-state index is 13.1. The van der Waals surface area contributed by atoms with Crippen molar-refractivity contribution in [1.29, 1.82) is 5.26 Å². The molecule has 3 aromatic rings. The average Bonchev–Trinajstić information content (AvgIpc) is 2.80. The zero-order valence-corrected chi connectivity index (χ0v) is 18.8. The monoisotopic (exact) mass is 510 g/mol. The second-order valence-corrected chi connectivity index (χ2v) is 7.90. The van der Waals surface area contributed by atoms with Crippen molar-refractivity contribution in [1.82, 2.24) is 0 Å². The lowest BCUT2D eigenvalue weighted by molar-refractivity contribution is -0.137. The number of hydrogen-bond acceptors (Lipinski definition) is 6. The standard InChI is InChI=1S/C22H14ClF3N2O5S/c1-32-21(29)13-2-4-15(5-3-13)28(34(30)31)16-6-9-20(14(10-16)12-27)33-17-7-8-19(23)18(11-17)22(24,25)26/h2-11,34H,1H3. The summed E-state index contributed by atoms with van der Waals surface area (Å²) < 4.78 is 74.1. The second-order valence-electron chi connectivity index (χ2n) is 6.62. The van der Waals surface area contributed by atoms with E-state index in [1.54, 1.807) is 0 Å². The molecule has 0 saturated carbocycles. The number of nitriles is 1. The number of thiol groups is 1. The molecule has 3 aromatic carbocycles. The van der Waals surface area contributed by atoms with Gasteiger partial charge < -0.3 is 9.47 Å². The molecule has 0 atom stereocenters. The van der Waals surface area contributed by atoms with Crippen molar-refractivity contribution in [3.8, 4) is 17.6 Å². The summed E-state index contributed by atoms with van der Waals surface area (Å²) in [6, 6.07) is 14.0. The topological polar surface area (TPSA) is 96.7 Å². The Kier molecular flexibility index (Phi) is 7.34. The van der Waals surface area contributed by atoms with Crippen LogP contribution in [0.1, 0.15) is 21.5 Å². The van der Waals surface area contributed by atoms with Crippen LogP contribution in [0.3, 0.4) is 0 Å². The van der Waals surface area contributed by atoms with Crippen LogP contribution in [0.25, 0.3) is 0 Å². The van der Waals surface area contributed by atoms with E-state index in [4.69, 9.17) is 16.3 Å². The van der Waals surface area contributed by atoms with Crippen LogP contribution < -0.4 is 9.04 Å². The van der Waals surface area contributed by atoms with Gasteiger partial charge in [0.25, 0.3) is 0 Å². The van der Waals surface area contributed by atoms with Gasteiger partial charge in [-0.2, -0.15) is 18.4 Å². The first-order valence-electron chi connectivity index (χ1n) is 9.26. The highest BCUT2D eigenvalue weighted by molar-refractivity contribution is 7.74. The molecule has 0 aliphatic heterocycles. The molecule has 0 saturated heterocycles. The van der Waals surface area contributed by atoms with Crippen molar-refractivity contribution >= 4 is 39.8 Å². The summed E-state index contributed by atoms with van der Waals surface area (Å²) in [5, 5.41) is 9.00. The fourth-order valence-electron chi connectivity index (χ4n) is 2.93. The number of rotatable bonds is 6. The third-order valence-corrected chi connectivity index (χ3v) is 5.61. The first kappa shape index (κ1) is 24.9. The van der Waals surface area contributed by atoms with E-state index >= 15 is 0 Å². The molecule has 176 valence electrons. The van der Waals surface area contributed by atoms with Gasteiger partial charge in [0.05, 0.1) is 40.2 Å². The van der Waals surface area contributed by atoms with Crippen molar-refractivity contribution in [2.75, 3.05) is 11.4 Å². The van der Waals surface area contributed by atoms with Crippen LogP contribution in [-0.2, 0) is 21.8 Å². The Bertz CT molecular complexity index is 1340. The quantitative estimate of drug-likeness (QED) is 0.349. The van der Waals surface area contributed by atoms with Gasteiger partial charge in [-0.3, -0.25) is 0 Å². The highest BCUT2D eigenvalue weighted by atomic mass is 35.5. The Morgan fingerprint density at radius 1 is 1.03 bits per heavy atom. The average molecular weight is 511 g/mol. The van der Waals surface area contributed by atoms with Gasteiger partial charge in [0.15, 0.2) is 0 Å². The Morgan fingerprint density at radius 3 is 2.24 bits per heavy atom. The van der Waals surface area contributed by atoms with Crippen molar-refractivity contribution in [2.24, 2.45) is 0 Å². The molecule has 0 N–H and O–H groups in total. The molecule has 3 rings (SSSR count). The Hall–Kier alpha value is -3.75. The highest BCUT2D eigenvalue weighted by Gasteiger charge is 2.33. The minimum Gasteiger partial charge on any atom is -0.465 e. The van der Waals surface area contributed by atoms with Crippen LogP contribution >= 0.6 is 11.6 Å². The molecule has 12 heteroatoms. The fraction of sp³-hybridized carbons (Fsp3) is 0.0909. The van der Waals surface area contributed by atoms with E-state index in [0.29, 0.717) is 6.07 Å². The van der Waals surface area contributed by atoms with Gasteiger partial charge in [-0.1, -0.05) is 11.6 Å². The summed E-state index contributed by atoms with van der Waals surface area (Å²) in [5.41, 5.74) is -0.789. The number of nitrogens with zero attached hydrogens (tertiary/aromatic N) is 2. The van der Waals surface area contributed by atoms with Crippen LogP contribution in [0.15, 0.2) is 60.7 Å². The maximum Gasteiger partial charge on any atom is 0.417 e. The van der Waals surface area contributed by atoms with Crippen LogP contribution in [-0.4, -0.2) is 21.5 Å². The molecule has 0 unspecified atom stereocenters. The van der Waals surface area contributed by atoms with Crippen LogP contribution in [0.2, 0.25) is 5.02 Å². The number of hydrogen-bond donors (Lipinski definition) is 1. The number of esters is 1.